The number of carbonyl (C=O) groups is 5. The average molecular weight is 577 g/mol. The standard InChI is InChI=1S/C30H48N4O7/c1-2-33(25(35)5-3-4-19-6-8-32-9-7-19)18-26(36)34(28(39)23(31)13-27(37)38)24(29(40)41)17-30-14-20-10-21(15-30)12-22(11-20)16-30/h19-24,32H,2-18,31H2,1H3,(H,37,38)(H,40,41)/t20?,21?,22?,23-,24-,30?/m0/s1. The predicted octanol–water partition coefficient (Wildman–Crippen LogP) is 2.22. The minimum atomic E-state index is -1.56. The van der Waals surface area contributed by atoms with E-state index in [4.69, 9.17) is 5.73 Å². The van der Waals surface area contributed by atoms with Crippen LogP contribution in [-0.2, 0) is 24.0 Å². The summed E-state index contributed by atoms with van der Waals surface area (Å²) in [5.74, 6) is -2.46. The molecule has 2 atom stereocenters. The van der Waals surface area contributed by atoms with Crippen LogP contribution in [0.4, 0.5) is 0 Å². The SMILES string of the molecule is CCN(CC(=O)N(C(=O)[C@@H](N)CC(=O)O)[C@@H](CC12CC3CC(CC(C3)C1)C2)C(=O)O)C(=O)CCCC1CCNCC1. The highest BCUT2D eigenvalue weighted by atomic mass is 16.4. The van der Waals surface area contributed by atoms with Crippen LogP contribution in [0.1, 0.15) is 90.4 Å². The molecule has 4 bridgehead atoms. The van der Waals surface area contributed by atoms with Crippen LogP contribution < -0.4 is 11.1 Å². The number of nitrogens with two attached hydrogens (primary N) is 1. The van der Waals surface area contributed by atoms with Gasteiger partial charge in [-0.15, -0.1) is 0 Å². The van der Waals surface area contributed by atoms with Crippen molar-refractivity contribution < 1.29 is 34.2 Å². The number of carboxylic acid groups (broad SMARTS) is 2. The third-order valence-electron chi connectivity index (χ3n) is 10.1. The summed E-state index contributed by atoms with van der Waals surface area (Å²) in [6.45, 7) is 3.49. The third kappa shape index (κ3) is 7.85. The maximum Gasteiger partial charge on any atom is 0.326 e. The van der Waals surface area contributed by atoms with Crippen molar-refractivity contribution in [3.63, 3.8) is 0 Å². The van der Waals surface area contributed by atoms with Crippen LogP contribution in [0.3, 0.4) is 0 Å². The third-order valence-corrected chi connectivity index (χ3v) is 10.1. The summed E-state index contributed by atoms with van der Waals surface area (Å²) in [6.07, 6.45) is 9.62. The Morgan fingerprint density at radius 1 is 0.951 bits per heavy atom. The van der Waals surface area contributed by atoms with Crippen molar-refractivity contribution in [1.82, 2.24) is 15.1 Å². The van der Waals surface area contributed by atoms with E-state index in [0.29, 0.717) is 35.0 Å². The smallest absolute Gasteiger partial charge is 0.326 e. The lowest BCUT2D eigenvalue weighted by Gasteiger charge is -2.57. The number of rotatable bonds is 14. The molecular formula is C30H48N4O7. The van der Waals surface area contributed by atoms with E-state index in [-0.39, 0.29) is 30.7 Å². The number of imide groups is 1. The van der Waals surface area contributed by atoms with Crippen LogP contribution in [0, 0.1) is 29.1 Å². The Morgan fingerprint density at radius 2 is 1.54 bits per heavy atom. The highest BCUT2D eigenvalue weighted by molar-refractivity contribution is 6.03. The van der Waals surface area contributed by atoms with Crippen molar-refractivity contribution in [2.75, 3.05) is 26.2 Å². The van der Waals surface area contributed by atoms with Crippen LogP contribution in [0.25, 0.3) is 0 Å². The topological polar surface area (TPSA) is 170 Å². The second kappa shape index (κ2) is 13.6. The lowest BCUT2D eigenvalue weighted by Crippen LogP contribution is -2.59. The van der Waals surface area contributed by atoms with Gasteiger partial charge < -0.3 is 26.2 Å². The Balaban J connectivity index is 1.48. The largest absolute Gasteiger partial charge is 0.481 e. The van der Waals surface area contributed by atoms with Crippen molar-refractivity contribution in [2.24, 2.45) is 34.8 Å². The molecule has 11 heteroatoms. The maximum absolute atomic E-state index is 13.7. The van der Waals surface area contributed by atoms with Crippen LogP contribution in [0.15, 0.2) is 0 Å². The van der Waals surface area contributed by atoms with Gasteiger partial charge in [-0.2, -0.15) is 0 Å². The minimum Gasteiger partial charge on any atom is -0.481 e. The van der Waals surface area contributed by atoms with Crippen LogP contribution in [0.2, 0.25) is 0 Å². The lowest BCUT2D eigenvalue weighted by molar-refractivity contribution is -0.164. The van der Waals surface area contributed by atoms with Gasteiger partial charge in [0.25, 0.3) is 0 Å². The van der Waals surface area contributed by atoms with Crippen molar-refractivity contribution >= 4 is 29.7 Å². The number of carbonyl (C=O) groups excluding carboxylic acids is 3. The fourth-order valence-electron chi connectivity index (χ4n) is 8.63. The molecule has 4 saturated carbocycles. The number of hydrogen-bond acceptors (Lipinski definition) is 7. The monoisotopic (exact) mass is 576 g/mol. The number of hydrogen-bond donors (Lipinski definition) is 4. The van der Waals surface area contributed by atoms with E-state index < -0.39 is 48.8 Å². The Morgan fingerprint density at radius 3 is 2.05 bits per heavy atom. The number of nitrogens with zero attached hydrogens (tertiary/aromatic N) is 2. The molecule has 1 saturated heterocycles. The second-order valence-corrected chi connectivity index (χ2v) is 13.3. The predicted molar refractivity (Wildman–Crippen MR) is 150 cm³/mol. The molecule has 0 spiro atoms. The van der Waals surface area contributed by atoms with E-state index in [0.717, 1.165) is 70.9 Å². The van der Waals surface area contributed by atoms with Gasteiger partial charge >= 0.3 is 11.9 Å². The molecule has 1 aliphatic heterocycles. The molecule has 5 N–H and O–H groups in total. The molecular weight excluding hydrogens is 528 g/mol. The molecule has 4 aliphatic carbocycles. The highest BCUT2D eigenvalue weighted by Crippen LogP contribution is 2.61. The molecule has 3 amide bonds. The van der Waals surface area contributed by atoms with Gasteiger partial charge in [-0.05, 0) is 120 Å². The summed E-state index contributed by atoms with van der Waals surface area (Å²) in [5.41, 5.74) is 5.65. The number of aliphatic carboxylic acids is 2. The van der Waals surface area contributed by atoms with E-state index in [1.807, 2.05) is 0 Å². The van der Waals surface area contributed by atoms with Gasteiger partial charge in [-0.3, -0.25) is 24.1 Å². The Bertz CT molecular complexity index is 960. The first kappa shape index (κ1) is 31.4. The zero-order valence-electron chi connectivity index (χ0n) is 24.4. The van der Waals surface area contributed by atoms with Gasteiger partial charge in [0.2, 0.25) is 17.7 Å². The molecule has 11 nitrogen and oxygen atoms in total. The van der Waals surface area contributed by atoms with E-state index >= 15 is 0 Å². The minimum absolute atomic E-state index is 0.138. The summed E-state index contributed by atoms with van der Waals surface area (Å²) in [6, 6.07) is -3.02. The number of nitrogens with one attached hydrogen (secondary N) is 1. The van der Waals surface area contributed by atoms with Gasteiger partial charge in [0.1, 0.15) is 12.6 Å². The van der Waals surface area contributed by atoms with E-state index in [1.54, 1.807) is 6.92 Å². The van der Waals surface area contributed by atoms with Crippen molar-refractivity contribution in [3.05, 3.63) is 0 Å². The van der Waals surface area contributed by atoms with Crippen LogP contribution in [0.5, 0.6) is 0 Å². The zero-order chi connectivity index (χ0) is 29.7. The second-order valence-electron chi connectivity index (χ2n) is 13.3. The summed E-state index contributed by atoms with van der Waals surface area (Å²) in [5, 5.41) is 22.9. The number of piperidine rings is 1. The molecule has 5 aliphatic rings. The summed E-state index contributed by atoms with van der Waals surface area (Å²) >= 11 is 0. The molecule has 5 fully saturated rings. The molecule has 41 heavy (non-hydrogen) atoms. The van der Waals surface area contributed by atoms with E-state index in [2.05, 4.69) is 5.32 Å². The van der Waals surface area contributed by atoms with E-state index in [1.165, 1.54) is 4.90 Å². The van der Waals surface area contributed by atoms with E-state index in [9.17, 15) is 34.2 Å². The fraction of sp³-hybridized carbons (Fsp3) is 0.833. The first-order valence-electron chi connectivity index (χ1n) is 15.5. The molecule has 0 aromatic carbocycles. The van der Waals surface area contributed by atoms with Gasteiger partial charge in [-0.1, -0.05) is 0 Å². The number of amides is 3. The normalized spacial score (nSPS) is 28.6. The first-order valence-corrected chi connectivity index (χ1v) is 15.5. The Labute approximate surface area is 242 Å². The molecule has 0 radical (unpaired) electrons. The summed E-state index contributed by atoms with van der Waals surface area (Å²) in [4.78, 5) is 66.4. The molecule has 0 aromatic rings. The number of likely N-dealkylation sites (N-methyl/N-ethyl adjacent to an activating group) is 1. The average Bonchev–Trinajstić information content (AvgIpc) is 2.90. The van der Waals surface area contributed by atoms with Crippen LogP contribution in [-0.4, -0.2) is 87.9 Å². The Hall–Kier alpha value is -2.53. The van der Waals surface area contributed by atoms with Crippen molar-refractivity contribution in [2.45, 2.75) is 102 Å². The first-order chi connectivity index (χ1) is 19.5. The number of carboxylic acids is 2. The fourth-order valence-corrected chi connectivity index (χ4v) is 8.63. The highest BCUT2D eigenvalue weighted by Gasteiger charge is 2.53. The van der Waals surface area contributed by atoms with Crippen molar-refractivity contribution in [3.8, 4) is 0 Å². The van der Waals surface area contributed by atoms with Gasteiger partial charge in [0.15, 0.2) is 0 Å². The maximum atomic E-state index is 13.7. The Kier molecular flexibility index (Phi) is 10.4. The van der Waals surface area contributed by atoms with Gasteiger partial charge in [-0.25, -0.2) is 4.79 Å². The van der Waals surface area contributed by atoms with Crippen molar-refractivity contribution in [1.29, 1.82) is 0 Å². The summed E-state index contributed by atoms with van der Waals surface area (Å²) < 4.78 is 0. The quantitative estimate of drug-likeness (QED) is 0.242. The lowest BCUT2D eigenvalue weighted by atomic mass is 9.48. The zero-order valence-corrected chi connectivity index (χ0v) is 24.4. The molecule has 5 rings (SSSR count). The molecule has 230 valence electrons. The molecule has 0 unspecified atom stereocenters. The van der Waals surface area contributed by atoms with Crippen LogP contribution >= 0.6 is 0 Å². The molecule has 0 aromatic heterocycles. The summed E-state index contributed by atoms with van der Waals surface area (Å²) in [7, 11) is 0. The van der Waals surface area contributed by atoms with Gasteiger partial charge in [0.05, 0.1) is 12.5 Å². The van der Waals surface area contributed by atoms with Gasteiger partial charge in [0, 0.05) is 13.0 Å². The molecule has 1 heterocycles.